The molecule has 13 heavy (non-hydrogen) atoms. The molecule has 0 saturated heterocycles. The highest BCUT2D eigenvalue weighted by atomic mass is 31.2. The van der Waals surface area contributed by atoms with Gasteiger partial charge >= 0.3 is 7.82 Å². The molecule has 0 aromatic heterocycles. The fourth-order valence-corrected chi connectivity index (χ4v) is 1.36. The molecule has 1 unspecified atom stereocenters. The van der Waals surface area contributed by atoms with Crippen molar-refractivity contribution in [3.63, 3.8) is 0 Å². The van der Waals surface area contributed by atoms with Crippen molar-refractivity contribution in [3.05, 3.63) is 0 Å². The monoisotopic (exact) mass is 213 g/mol. The summed E-state index contributed by atoms with van der Waals surface area (Å²) in [7, 11) is -4.46. The van der Waals surface area contributed by atoms with Crippen LogP contribution in [0.2, 0.25) is 0 Å². The zero-order valence-corrected chi connectivity index (χ0v) is 8.57. The molecule has 0 rings (SSSR count). The summed E-state index contributed by atoms with van der Waals surface area (Å²) in [4.78, 5) is 17.0. The molecular formula is C6H16NO5P. The predicted molar refractivity (Wildman–Crippen MR) is 46.8 cm³/mol. The molecule has 0 fully saturated rings. The van der Waals surface area contributed by atoms with Crippen LogP contribution in [0.3, 0.4) is 0 Å². The molecule has 0 aromatic carbocycles. The normalized spacial score (nSPS) is 14.9. The zero-order valence-electron chi connectivity index (χ0n) is 7.67. The van der Waals surface area contributed by atoms with Crippen molar-refractivity contribution in [1.82, 2.24) is 5.32 Å². The highest BCUT2D eigenvalue weighted by Gasteiger charge is 2.23. The van der Waals surface area contributed by atoms with Crippen molar-refractivity contribution >= 4 is 7.82 Å². The van der Waals surface area contributed by atoms with E-state index in [2.05, 4.69) is 9.84 Å². The van der Waals surface area contributed by atoms with Crippen molar-refractivity contribution in [2.75, 3.05) is 13.2 Å². The molecule has 0 bridgehead atoms. The van der Waals surface area contributed by atoms with E-state index in [1.807, 2.05) is 0 Å². The van der Waals surface area contributed by atoms with Crippen LogP contribution in [0, 0.1) is 5.92 Å². The summed E-state index contributed by atoms with van der Waals surface area (Å²) in [6.07, 6.45) is -0.743. The fourth-order valence-electron chi connectivity index (χ4n) is 0.749. The largest absolute Gasteiger partial charge is 0.471 e. The Balaban J connectivity index is 4.03. The number of hydrogen-bond acceptors (Lipinski definition) is 4. The lowest BCUT2D eigenvalue weighted by atomic mass is 10.2. The average molecular weight is 213 g/mol. The van der Waals surface area contributed by atoms with Crippen LogP contribution in [-0.2, 0) is 9.09 Å². The Labute approximate surface area is 77.2 Å². The summed E-state index contributed by atoms with van der Waals surface area (Å²) in [6, 6.07) is 0. The molecule has 0 heterocycles. The highest BCUT2D eigenvalue weighted by molar-refractivity contribution is 7.46. The van der Waals surface area contributed by atoms with Crippen LogP contribution in [0.5, 0.6) is 0 Å². The topological polar surface area (TPSA) is 99.0 Å². The molecular weight excluding hydrogens is 197 g/mol. The second-order valence-corrected chi connectivity index (χ2v) is 4.13. The Kier molecular flexibility index (Phi) is 5.71. The van der Waals surface area contributed by atoms with Crippen LogP contribution >= 0.6 is 7.82 Å². The van der Waals surface area contributed by atoms with Crippen molar-refractivity contribution in [2.24, 2.45) is 5.92 Å². The van der Waals surface area contributed by atoms with Gasteiger partial charge in [0, 0.05) is 6.54 Å². The molecule has 80 valence electrons. The molecule has 0 amide bonds. The Morgan fingerprint density at radius 3 is 2.31 bits per heavy atom. The third-order valence-corrected chi connectivity index (χ3v) is 1.82. The van der Waals surface area contributed by atoms with Crippen LogP contribution in [0.1, 0.15) is 13.8 Å². The molecule has 7 heteroatoms. The Hall–Kier alpha value is 0.0300. The number of aliphatic hydroxyl groups excluding tert-OH is 1. The molecule has 0 aliphatic carbocycles. The number of hydrogen-bond donors (Lipinski definition) is 4. The standard InChI is InChI=1S/C6H16NO5P/c1-5(2)6(7-3-4-8)12-13(9,10)11/h5-8H,3-4H2,1-2H3,(H2,9,10,11). The Morgan fingerprint density at radius 2 is 2.00 bits per heavy atom. The van der Waals surface area contributed by atoms with Gasteiger partial charge in [0.15, 0.2) is 0 Å². The molecule has 1 atom stereocenters. The van der Waals surface area contributed by atoms with E-state index < -0.39 is 14.1 Å². The van der Waals surface area contributed by atoms with Gasteiger partial charge in [-0.25, -0.2) is 4.57 Å². The van der Waals surface area contributed by atoms with Crippen molar-refractivity contribution in [1.29, 1.82) is 0 Å². The van der Waals surface area contributed by atoms with Gasteiger partial charge in [-0.05, 0) is 5.92 Å². The van der Waals surface area contributed by atoms with Gasteiger partial charge in [0.1, 0.15) is 6.23 Å². The molecule has 0 spiro atoms. The third-order valence-electron chi connectivity index (χ3n) is 1.31. The number of nitrogens with one attached hydrogen (secondary N) is 1. The van der Waals surface area contributed by atoms with E-state index in [0.717, 1.165) is 0 Å². The van der Waals surface area contributed by atoms with Crippen molar-refractivity contribution in [2.45, 2.75) is 20.1 Å². The SMILES string of the molecule is CC(C)C(NCCO)OP(=O)(O)O. The minimum absolute atomic E-state index is 0.0841. The molecule has 0 aromatic rings. The summed E-state index contributed by atoms with van der Waals surface area (Å²) in [5.41, 5.74) is 0. The van der Waals surface area contributed by atoms with E-state index in [4.69, 9.17) is 14.9 Å². The number of phosphoric ester groups is 1. The first-order valence-electron chi connectivity index (χ1n) is 3.95. The summed E-state index contributed by atoms with van der Waals surface area (Å²) in [5.74, 6) is -0.0841. The quantitative estimate of drug-likeness (QED) is 0.356. The maximum Gasteiger partial charge on any atom is 0.471 e. The summed E-state index contributed by atoms with van der Waals surface area (Å²) >= 11 is 0. The van der Waals surface area contributed by atoms with E-state index in [1.165, 1.54) is 0 Å². The third kappa shape index (κ3) is 7.13. The van der Waals surface area contributed by atoms with Gasteiger partial charge in [0.05, 0.1) is 6.61 Å². The summed E-state index contributed by atoms with van der Waals surface area (Å²) in [6.45, 7) is 3.64. The smallest absolute Gasteiger partial charge is 0.395 e. The first-order chi connectivity index (χ1) is 5.87. The Bertz CT molecular complexity index is 180. The highest BCUT2D eigenvalue weighted by Crippen LogP contribution is 2.38. The minimum Gasteiger partial charge on any atom is -0.395 e. The van der Waals surface area contributed by atoms with Crippen LogP contribution < -0.4 is 5.32 Å². The first-order valence-corrected chi connectivity index (χ1v) is 5.48. The molecule has 4 N–H and O–H groups in total. The molecule has 0 saturated carbocycles. The number of rotatable bonds is 6. The zero-order chi connectivity index (χ0) is 10.5. The van der Waals surface area contributed by atoms with Crippen LogP contribution in [0.4, 0.5) is 0 Å². The van der Waals surface area contributed by atoms with Gasteiger partial charge in [-0.15, -0.1) is 0 Å². The lowest BCUT2D eigenvalue weighted by Crippen LogP contribution is -2.37. The van der Waals surface area contributed by atoms with Crippen molar-refractivity contribution in [3.8, 4) is 0 Å². The van der Waals surface area contributed by atoms with Gasteiger partial charge < -0.3 is 14.9 Å². The second-order valence-electron chi connectivity index (χ2n) is 2.94. The molecule has 0 radical (unpaired) electrons. The van der Waals surface area contributed by atoms with E-state index in [0.29, 0.717) is 0 Å². The predicted octanol–water partition coefficient (Wildman–Crippen LogP) is -0.340. The van der Waals surface area contributed by atoms with E-state index in [1.54, 1.807) is 13.8 Å². The van der Waals surface area contributed by atoms with Crippen LogP contribution in [-0.4, -0.2) is 34.3 Å². The van der Waals surface area contributed by atoms with E-state index in [-0.39, 0.29) is 19.1 Å². The molecule has 0 aliphatic heterocycles. The molecule has 6 nitrogen and oxygen atoms in total. The van der Waals surface area contributed by atoms with E-state index in [9.17, 15) is 4.57 Å². The average Bonchev–Trinajstić information content (AvgIpc) is 1.95. The summed E-state index contributed by atoms with van der Waals surface area (Å²) in [5, 5.41) is 11.1. The van der Waals surface area contributed by atoms with Crippen LogP contribution in [0.25, 0.3) is 0 Å². The van der Waals surface area contributed by atoms with Gasteiger partial charge in [0.2, 0.25) is 0 Å². The number of phosphoric acid groups is 1. The summed E-state index contributed by atoms with van der Waals surface area (Å²) < 4.78 is 14.9. The first kappa shape index (κ1) is 13.0. The van der Waals surface area contributed by atoms with Gasteiger partial charge in [-0.2, -0.15) is 0 Å². The van der Waals surface area contributed by atoms with Crippen molar-refractivity contribution < 1.29 is 24.0 Å². The minimum atomic E-state index is -4.46. The van der Waals surface area contributed by atoms with Gasteiger partial charge in [-0.1, -0.05) is 13.8 Å². The number of aliphatic hydroxyl groups is 1. The molecule has 0 aliphatic rings. The van der Waals surface area contributed by atoms with E-state index >= 15 is 0 Å². The van der Waals surface area contributed by atoms with Gasteiger partial charge in [-0.3, -0.25) is 9.84 Å². The Morgan fingerprint density at radius 1 is 1.46 bits per heavy atom. The fraction of sp³-hybridized carbons (Fsp3) is 1.00. The lowest BCUT2D eigenvalue weighted by Gasteiger charge is -2.22. The maximum atomic E-state index is 10.5. The van der Waals surface area contributed by atoms with Gasteiger partial charge in [0.25, 0.3) is 0 Å². The second kappa shape index (κ2) is 5.70. The maximum absolute atomic E-state index is 10.5. The van der Waals surface area contributed by atoms with Crippen LogP contribution in [0.15, 0.2) is 0 Å². The lowest BCUT2D eigenvalue weighted by molar-refractivity contribution is 0.0701.